The summed E-state index contributed by atoms with van der Waals surface area (Å²) in [6.07, 6.45) is 2.30. The lowest BCUT2D eigenvalue weighted by Gasteiger charge is -2.05. The first kappa shape index (κ1) is 17.7. The number of benzene rings is 2. The second-order valence-electron chi connectivity index (χ2n) is 5.35. The lowest BCUT2D eigenvalue weighted by atomic mass is 10.1. The van der Waals surface area contributed by atoms with Crippen LogP contribution in [0, 0.1) is 0 Å². The monoisotopic (exact) mass is 417 g/mol. The number of hydrogen-bond donors (Lipinski definition) is 1. The van der Waals surface area contributed by atoms with Gasteiger partial charge in [0.05, 0.1) is 18.6 Å². The molecule has 1 aliphatic heterocycles. The summed E-state index contributed by atoms with van der Waals surface area (Å²) >= 11 is 4.81. The van der Waals surface area contributed by atoms with Crippen LogP contribution in [0.2, 0.25) is 0 Å². The molecule has 1 unspecified atom stereocenters. The zero-order chi connectivity index (χ0) is 17.6. The summed E-state index contributed by atoms with van der Waals surface area (Å²) in [5.74, 6) is 0.754. The highest BCUT2D eigenvalue weighted by atomic mass is 79.9. The molecule has 7 heteroatoms. The number of nitrogens with one attached hydrogen (secondary N) is 1. The molecule has 1 amide bonds. The maximum absolute atomic E-state index is 12.1. The van der Waals surface area contributed by atoms with E-state index in [0.717, 1.165) is 21.3 Å². The van der Waals surface area contributed by atoms with Crippen molar-refractivity contribution in [3.05, 3.63) is 64.1 Å². The number of carbonyl (C=O) groups is 1. The van der Waals surface area contributed by atoms with Crippen LogP contribution in [0.1, 0.15) is 11.1 Å². The van der Waals surface area contributed by atoms with Crippen LogP contribution in [-0.4, -0.2) is 29.6 Å². The SMILES string of the molecule is COc1ccc(/C=N/N=C2\NC(=O)C(Cc3ccc(Br)cc3)S2)cc1. The van der Waals surface area contributed by atoms with Crippen molar-refractivity contribution in [1.29, 1.82) is 0 Å². The number of halogens is 1. The van der Waals surface area contributed by atoms with Crippen molar-refractivity contribution < 1.29 is 9.53 Å². The molecule has 128 valence electrons. The van der Waals surface area contributed by atoms with Crippen LogP contribution >= 0.6 is 27.7 Å². The van der Waals surface area contributed by atoms with Gasteiger partial charge in [0.25, 0.3) is 0 Å². The first-order valence-corrected chi connectivity index (χ1v) is 9.28. The Bertz CT molecular complexity index is 804. The van der Waals surface area contributed by atoms with Gasteiger partial charge in [-0.2, -0.15) is 5.10 Å². The minimum Gasteiger partial charge on any atom is -0.497 e. The summed E-state index contributed by atoms with van der Waals surface area (Å²) in [7, 11) is 1.62. The summed E-state index contributed by atoms with van der Waals surface area (Å²) in [6.45, 7) is 0. The maximum atomic E-state index is 12.1. The van der Waals surface area contributed by atoms with Crippen LogP contribution in [0.3, 0.4) is 0 Å². The van der Waals surface area contributed by atoms with Crippen LogP contribution in [0.5, 0.6) is 5.75 Å². The van der Waals surface area contributed by atoms with Crippen molar-refractivity contribution in [3.63, 3.8) is 0 Å². The zero-order valence-electron chi connectivity index (χ0n) is 13.5. The van der Waals surface area contributed by atoms with E-state index in [4.69, 9.17) is 4.74 Å². The van der Waals surface area contributed by atoms with Crippen molar-refractivity contribution >= 4 is 45.0 Å². The molecule has 0 radical (unpaired) electrons. The summed E-state index contributed by atoms with van der Waals surface area (Å²) in [6, 6.07) is 15.5. The van der Waals surface area contributed by atoms with Crippen molar-refractivity contribution in [1.82, 2.24) is 5.32 Å². The van der Waals surface area contributed by atoms with E-state index in [9.17, 15) is 4.79 Å². The lowest BCUT2D eigenvalue weighted by Crippen LogP contribution is -2.25. The van der Waals surface area contributed by atoms with E-state index < -0.39 is 0 Å². The van der Waals surface area contributed by atoms with Gasteiger partial charge in [0, 0.05) is 4.47 Å². The van der Waals surface area contributed by atoms with Crippen molar-refractivity contribution in [2.75, 3.05) is 7.11 Å². The molecule has 0 aromatic heterocycles. The zero-order valence-corrected chi connectivity index (χ0v) is 15.9. The van der Waals surface area contributed by atoms with E-state index in [1.54, 1.807) is 13.3 Å². The smallest absolute Gasteiger partial charge is 0.239 e. The van der Waals surface area contributed by atoms with E-state index in [2.05, 4.69) is 31.4 Å². The normalized spacial score (nSPS) is 18.7. The minimum absolute atomic E-state index is 0.0358. The Labute approximate surface area is 158 Å². The average molecular weight is 418 g/mol. The van der Waals surface area contributed by atoms with Crippen molar-refractivity contribution in [3.8, 4) is 5.75 Å². The standard InChI is InChI=1S/C18H16BrN3O2S/c1-24-15-8-4-13(5-9-15)11-20-22-18-21-17(23)16(25-18)10-12-2-6-14(19)7-3-12/h2-9,11,16H,10H2,1H3,(H,21,22,23)/b20-11+. The second kappa shape index (κ2) is 8.31. The molecule has 3 rings (SSSR count). The molecule has 25 heavy (non-hydrogen) atoms. The Kier molecular flexibility index (Phi) is 5.88. The van der Waals surface area contributed by atoms with Gasteiger partial charge in [0.15, 0.2) is 5.17 Å². The molecule has 2 aromatic carbocycles. The third-order valence-electron chi connectivity index (χ3n) is 3.58. The molecule has 0 bridgehead atoms. The summed E-state index contributed by atoms with van der Waals surface area (Å²) in [4.78, 5) is 12.1. The maximum Gasteiger partial charge on any atom is 0.239 e. The van der Waals surface area contributed by atoms with E-state index >= 15 is 0 Å². The number of carbonyl (C=O) groups excluding carboxylic acids is 1. The summed E-state index contributed by atoms with van der Waals surface area (Å²) in [5.41, 5.74) is 2.02. The number of thioether (sulfide) groups is 1. The summed E-state index contributed by atoms with van der Waals surface area (Å²) in [5, 5.41) is 11.3. The Morgan fingerprint density at radius 1 is 1.20 bits per heavy atom. The Morgan fingerprint density at radius 3 is 2.60 bits per heavy atom. The predicted molar refractivity (Wildman–Crippen MR) is 105 cm³/mol. The number of hydrogen-bond acceptors (Lipinski definition) is 5. The van der Waals surface area contributed by atoms with Crippen LogP contribution in [0.4, 0.5) is 0 Å². The third kappa shape index (κ3) is 4.93. The molecular formula is C18H16BrN3O2S. The van der Waals surface area contributed by atoms with Crippen molar-refractivity contribution in [2.24, 2.45) is 10.2 Å². The number of rotatable bonds is 5. The first-order chi connectivity index (χ1) is 12.1. The minimum atomic E-state index is -0.184. The van der Waals surface area contributed by atoms with E-state index in [-0.39, 0.29) is 11.2 Å². The van der Waals surface area contributed by atoms with Crippen LogP contribution in [0.25, 0.3) is 0 Å². The number of amidine groups is 1. The molecule has 1 N–H and O–H groups in total. The predicted octanol–water partition coefficient (Wildman–Crippen LogP) is 3.62. The van der Waals surface area contributed by atoms with E-state index in [1.807, 2.05) is 48.5 Å². The third-order valence-corrected chi connectivity index (χ3v) is 5.18. The topological polar surface area (TPSA) is 63.1 Å². The lowest BCUT2D eigenvalue weighted by molar-refractivity contribution is -0.118. The number of methoxy groups -OCH3 is 1. The average Bonchev–Trinajstić information content (AvgIpc) is 2.97. The quantitative estimate of drug-likeness (QED) is 0.596. The molecule has 1 heterocycles. The molecule has 1 saturated heterocycles. The van der Waals surface area contributed by atoms with Gasteiger partial charge in [-0.15, -0.1) is 5.10 Å². The second-order valence-corrected chi connectivity index (χ2v) is 7.46. The van der Waals surface area contributed by atoms with Crippen LogP contribution in [0.15, 0.2) is 63.2 Å². The van der Waals surface area contributed by atoms with Gasteiger partial charge in [-0.05, 0) is 53.9 Å². The Morgan fingerprint density at radius 2 is 1.92 bits per heavy atom. The van der Waals surface area contributed by atoms with E-state index in [0.29, 0.717) is 11.6 Å². The fourth-order valence-electron chi connectivity index (χ4n) is 2.26. The Balaban J connectivity index is 1.60. The van der Waals surface area contributed by atoms with Gasteiger partial charge < -0.3 is 10.1 Å². The molecule has 1 atom stereocenters. The van der Waals surface area contributed by atoms with Gasteiger partial charge in [-0.25, -0.2) is 0 Å². The van der Waals surface area contributed by atoms with Crippen molar-refractivity contribution in [2.45, 2.75) is 11.7 Å². The van der Waals surface area contributed by atoms with E-state index in [1.165, 1.54) is 11.8 Å². The number of amides is 1. The molecule has 0 aliphatic carbocycles. The number of ether oxygens (including phenoxy) is 1. The highest BCUT2D eigenvalue weighted by Gasteiger charge is 2.30. The molecule has 5 nitrogen and oxygen atoms in total. The van der Waals surface area contributed by atoms with Gasteiger partial charge >= 0.3 is 0 Å². The summed E-state index contributed by atoms with van der Waals surface area (Å²) < 4.78 is 6.13. The number of nitrogens with zero attached hydrogens (tertiary/aromatic N) is 2. The molecule has 2 aromatic rings. The fourth-order valence-corrected chi connectivity index (χ4v) is 3.49. The van der Waals surface area contributed by atoms with Crippen LogP contribution < -0.4 is 10.1 Å². The van der Waals surface area contributed by atoms with Gasteiger partial charge in [0.2, 0.25) is 5.91 Å². The van der Waals surface area contributed by atoms with Gasteiger partial charge in [0.1, 0.15) is 5.75 Å². The molecular weight excluding hydrogens is 402 g/mol. The first-order valence-electron chi connectivity index (χ1n) is 7.61. The highest BCUT2D eigenvalue weighted by Crippen LogP contribution is 2.24. The van der Waals surface area contributed by atoms with Gasteiger partial charge in [-0.3, -0.25) is 4.79 Å². The molecule has 0 spiro atoms. The molecule has 0 saturated carbocycles. The highest BCUT2D eigenvalue weighted by molar-refractivity contribution is 9.10. The van der Waals surface area contributed by atoms with Gasteiger partial charge in [-0.1, -0.05) is 39.8 Å². The largest absolute Gasteiger partial charge is 0.497 e. The fraction of sp³-hybridized carbons (Fsp3) is 0.167. The molecule has 1 aliphatic rings. The Hall–Kier alpha value is -2.12. The molecule has 1 fully saturated rings. The van der Waals surface area contributed by atoms with Crippen LogP contribution in [-0.2, 0) is 11.2 Å².